The van der Waals surface area contributed by atoms with E-state index in [4.69, 9.17) is 5.11 Å². The van der Waals surface area contributed by atoms with Crippen LogP contribution in [-0.4, -0.2) is 22.3 Å². The monoisotopic (exact) mass is 230 g/mol. The highest BCUT2D eigenvalue weighted by atomic mass is 16.4. The van der Waals surface area contributed by atoms with E-state index in [0.717, 1.165) is 25.2 Å². The molecule has 3 heteroatoms. The van der Waals surface area contributed by atoms with Gasteiger partial charge in [0.25, 0.3) is 0 Å². The molecule has 1 unspecified atom stereocenters. The molecule has 0 aliphatic carbocycles. The molecule has 0 aromatic rings. The number of hydrogen-bond acceptors (Lipinski definition) is 2. The van der Waals surface area contributed by atoms with Crippen LogP contribution in [0.5, 0.6) is 0 Å². The zero-order valence-electron chi connectivity index (χ0n) is 10.6. The lowest BCUT2D eigenvalue weighted by molar-refractivity contribution is -0.137. The second-order valence-corrected chi connectivity index (χ2v) is 4.97. The quantitative estimate of drug-likeness (QED) is 0.567. The van der Waals surface area contributed by atoms with Crippen LogP contribution < -0.4 is 0 Å². The minimum Gasteiger partial charge on any atom is -0.481 e. The van der Waals surface area contributed by atoms with Crippen molar-refractivity contribution in [2.75, 3.05) is 0 Å². The summed E-state index contributed by atoms with van der Waals surface area (Å²) in [7, 11) is 0. The van der Waals surface area contributed by atoms with Crippen molar-refractivity contribution in [1.29, 1.82) is 0 Å². The first-order valence-corrected chi connectivity index (χ1v) is 6.42. The van der Waals surface area contributed by atoms with E-state index in [1.807, 2.05) is 0 Å². The predicted octanol–water partition coefficient (Wildman–Crippen LogP) is 3.21. The van der Waals surface area contributed by atoms with Gasteiger partial charge in [0.1, 0.15) is 0 Å². The summed E-state index contributed by atoms with van der Waals surface area (Å²) < 4.78 is 0. The molecule has 3 nitrogen and oxygen atoms in total. The SMILES string of the molecule is CC(C)CCCCCCC(O)CCC(=O)O. The Hall–Kier alpha value is -0.570. The summed E-state index contributed by atoms with van der Waals surface area (Å²) in [4.78, 5) is 10.3. The lowest BCUT2D eigenvalue weighted by atomic mass is 10.0. The number of rotatable bonds is 10. The zero-order valence-corrected chi connectivity index (χ0v) is 10.6. The zero-order chi connectivity index (χ0) is 12.4. The van der Waals surface area contributed by atoms with Gasteiger partial charge in [-0.25, -0.2) is 0 Å². The van der Waals surface area contributed by atoms with Crippen LogP contribution in [0, 0.1) is 5.92 Å². The van der Waals surface area contributed by atoms with Crippen LogP contribution >= 0.6 is 0 Å². The van der Waals surface area contributed by atoms with Gasteiger partial charge in [-0.2, -0.15) is 0 Å². The summed E-state index contributed by atoms with van der Waals surface area (Å²) in [6.07, 6.45) is 6.72. The van der Waals surface area contributed by atoms with E-state index < -0.39 is 12.1 Å². The molecule has 0 saturated carbocycles. The number of carboxylic acids is 1. The number of carbonyl (C=O) groups is 1. The van der Waals surface area contributed by atoms with Crippen molar-refractivity contribution in [3.05, 3.63) is 0 Å². The second kappa shape index (κ2) is 9.64. The molecule has 0 aromatic carbocycles. The van der Waals surface area contributed by atoms with Crippen molar-refractivity contribution in [3.63, 3.8) is 0 Å². The fourth-order valence-corrected chi connectivity index (χ4v) is 1.72. The second-order valence-electron chi connectivity index (χ2n) is 4.97. The Morgan fingerprint density at radius 1 is 1.00 bits per heavy atom. The first kappa shape index (κ1) is 15.4. The molecule has 0 fully saturated rings. The highest BCUT2D eigenvalue weighted by molar-refractivity contribution is 5.66. The van der Waals surface area contributed by atoms with Crippen molar-refractivity contribution in [2.24, 2.45) is 5.92 Å². The van der Waals surface area contributed by atoms with Crippen molar-refractivity contribution in [1.82, 2.24) is 0 Å². The third-order valence-corrected chi connectivity index (χ3v) is 2.76. The molecule has 0 aliphatic heterocycles. The fourth-order valence-electron chi connectivity index (χ4n) is 1.72. The van der Waals surface area contributed by atoms with E-state index in [-0.39, 0.29) is 6.42 Å². The molecule has 0 heterocycles. The van der Waals surface area contributed by atoms with E-state index in [0.29, 0.717) is 6.42 Å². The smallest absolute Gasteiger partial charge is 0.303 e. The van der Waals surface area contributed by atoms with Gasteiger partial charge in [0.2, 0.25) is 0 Å². The first-order chi connectivity index (χ1) is 7.52. The molecule has 0 rings (SSSR count). The predicted molar refractivity (Wildman–Crippen MR) is 65.4 cm³/mol. The van der Waals surface area contributed by atoms with Crippen LogP contribution in [0.1, 0.15) is 65.2 Å². The Balaban J connectivity index is 3.21. The van der Waals surface area contributed by atoms with Crippen molar-refractivity contribution in [2.45, 2.75) is 71.3 Å². The highest BCUT2D eigenvalue weighted by Gasteiger charge is 2.06. The summed E-state index contributed by atoms with van der Waals surface area (Å²) in [5.41, 5.74) is 0. The largest absolute Gasteiger partial charge is 0.481 e. The lowest BCUT2D eigenvalue weighted by Crippen LogP contribution is -2.09. The third kappa shape index (κ3) is 11.5. The van der Waals surface area contributed by atoms with Gasteiger partial charge in [-0.1, -0.05) is 46.0 Å². The number of aliphatic hydroxyl groups excluding tert-OH is 1. The molecule has 16 heavy (non-hydrogen) atoms. The van der Waals surface area contributed by atoms with Gasteiger partial charge in [-0.3, -0.25) is 4.79 Å². The number of aliphatic carboxylic acids is 1. The fraction of sp³-hybridized carbons (Fsp3) is 0.923. The van der Waals surface area contributed by atoms with E-state index in [1.54, 1.807) is 0 Å². The number of hydrogen-bond donors (Lipinski definition) is 2. The summed E-state index contributed by atoms with van der Waals surface area (Å²) in [6.45, 7) is 4.46. The van der Waals surface area contributed by atoms with E-state index in [9.17, 15) is 9.90 Å². The summed E-state index contributed by atoms with van der Waals surface area (Å²) in [5, 5.41) is 17.9. The Labute approximate surface area is 98.9 Å². The molecule has 0 aromatic heterocycles. The maximum absolute atomic E-state index is 10.3. The van der Waals surface area contributed by atoms with E-state index >= 15 is 0 Å². The molecule has 96 valence electrons. The number of unbranched alkanes of at least 4 members (excludes halogenated alkanes) is 3. The summed E-state index contributed by atoms with van der Waals surface area (Å²) >= 11 is 0. The summed E-state index contributed by atoms with van der Waals surface area (Å²) in [6, 6.07) is 0. The van der Waals surface area contributed by atoms with Gasteiger partial charge >= 0.3 is 5.97 Å². The Kier molecular flexibility index (Phi) is 9.30. The Morgan fingerprint density at radius 3 is 2.06 bits per heavy atom. The first-order valence-electron chi connectivity index (χ1n) is 6.42. The van der Waals surface area contributed by atoms with Crippen LogP contribution in [0.4, 0.5) is 0 Å². The molecule has 0 saturated heterocycles. The highest BCUT2D eigenvalue weighted by Crippen LogP contribution is 2.12. The third-order valence-electron chi connectivity index (χ3n) is 2.76. The van der Waals surface area contributed by atoms with Gasteiger partial charge in [0, 0.05) is 6.42 Å². The Bertz CT molecular complexity index is 178. The number of aliphatic hydroxyl groups is 1. The van der Waals surface area contributed by atoms with Gasteiger partial charge in [0.15, 0.2) is 0 Å². The maximum atomic E-state index is 10.3. The van der Waals surface area contributed by atoms with Gasteiger partial charge in [0.05, 0.1) is 6.10 Å². The van der Waals surface area contributed by atoms with Crippen molar-refractivity contribution in [3.8, 4) is 0 Å². The Morgan fingerprint density at radius 2 is 1.56 bits per heavy atom. The molecule has 2 N–H and O–H groups in total. The van der Waals surface area contributed by atoms with Gasteiger partial charge in [-0.15, -0.1) is 0 Å². The van der Waals surface area contributed by atoms with Crippen molar-refractivity contribution < 1.29 is 15.0 Å². The molecule has 0 aliphatic rings. The molecule has 0 radical (unpaired) electrons. The average molecular weight is 230 g/mol. The van der Waals surface area contributed by atoms with E-state index in [1.165, 1.54) is 19.3 Å². The average Bonchev–Trinajstić information content (AvgIpc) is 2.19. The van der Waals surface area contributed by atoms with Crippen molar-refractivity contribution >= 4 is 5.97 Å². The minimum absolute atomic E-state index is 0.0779. The topological polar surface area (TPSA) is 57.5 Å². The molecule has 0 amide bonds. The van der Waals surface area contributed by atoms with Crippen LogP contribution in [0.3, 0.4) is 0 Å². The van der Waals surface area contributed by atoms with Crippen LogP contribution in [0.25, 0.3) is 0 Å². The molecule has 0 spiro atoms. The minimum atomic E-state index is -0.823. The molecule has 1 atom stereocenters. The lowest BCUT2D eigenvalue weighted by Gasteiger charge is -2.09. The van der Waals surface area contributed by atoms with Gasteiger partial charge < -0.3 is 10.2 Å². The van der Waals surface area contributed by atoms with Crippen LogP contribution in [0.15, 0.2) is 0 Å². The van der Waals surface area contributed by atoms with Gasteiger partial charge in [-0.05, 0) is 18.8 Å². The molecular weight excluding hydrogens is 204 g/mol. The van der Waals surface area contributed by atoms with E-state index in [2.05, 4.69) is 13.8 Å². The summed E-state index contributed by atoms with van der Waals surface area (Å²) in [5.74, 6) is -0.0443. The molecular formula is C13H26O3. The van der Waals surface area contributed by atoms with Crippen LogP contribution in [-0.2, 0) is 4.79 Å². The standard InChI is InChI=1S/C13H26O3/c1-11(2)7-5-3-4-6-8-12(14)9-10-13(15)16/h11-12,14H,3-10H2,1-2H3,(H,15,16). The van der Waals surface area contributed by atoms with Crippen LogP contribution in [0.2, 0.25) is 0 Å². The molecule has 0 bridgehead atoms. The maximum Gasteiger partial charge on any atom is 0.303 e. The number of carboxylic acid groups (broad SMARTS) is 1. The normalized spacial score (nSPS) is 13.0.